The Hall–Kier alpha value is -1.66. The number of carbonyl (C=O) groups is 1. The fourth-order valence-electron chi connectivity index (χ4n) is 1.34. The third-order valence-corrected chi connectivity index (χ3v) is 2.28. The second-order valence-electron chi connectivity index (χ2n) is 3.76. The molecule has 1 aromatic heterocycles. The predicted octanol–water partition coefficient (Wildman–Crippen LogP) is -0.356. The highest BCUT2D eigenvalue weighted by molar-refractivity contribution is 5.97. The third-order valence-electron chi connectivity index (χ3n) is 2.28. The Morgan fingerprint density at radius 1 is 1.59 bits per heavy atom. The lowest BCUT2D eigenvalue weighted by Gasteiger charge is -2.11. The number of hydrogen-bond donors (Lipinski definition) is 4. The van der Waals surface area contributed by atoms with Crippen molar-refractivity contribution in [3.63, 3.8) is 0 Å². The largest absolute Gasteiger partial charge is 0.394 e. The van der Waals surface area contributed by atoms with Gasteiger partial charge in [0.05, 0.1) is 18.3 Å². The minimum atomic E-state index is -0.774. The first-order valence-corrected chi connectivity index (χ1v) is 5.35. The van der Waals surface area contributed by atoms with E-state index in [0.29, 0.717) is 24.3 Å². The molecule has 17 heavy (non-hydrogen) atoms. The topological polar surface area (TPSA) is 108 Å². The molecular formula is C11H17N3O3. The van der Waals surface area contributed by atoms with Gasteiger partial charge in [-0.05, 0) is 25.5 Å². The lowest BCUT2D eigenvalue weighted by atomic mass is 10.2. The smallest absolute Gasteiger partial charge is 0.252 e. The summed E-state index contributed by atoms with van der Waals surface area (Å²) in [6, 6.07) is 3.31. The average Bonchev–Trinajstić information content (AvgIpc) is 2.28. The van der Waals surface area contributed by atoms with E-state index >= 15 is 0 Å². The lowest BCUT2D eigenvalue weighted by Crippen LogP contribution is -2.20. The fraction of sp³-hybridized carbons (Fsp3) is 0.455. The zero-order valence-electron chi connectivity index (χ0n) is 9.68. The molecule has 0 saturated heterocycles. The molecule has 0 aliphatic rings. The Kier molecular flexibility index (Phi) is 4.86. The highest BCUT2D eigenvalue weighted by atomic mass is 16.3. The van der Waals surface area contributed by atoms with Crippen molar-refractivity contribution in [1.29, 1.82) is 0 Å². The van der Waals surface area contributed by atoms with Crippen molar-refractivity contribution in [3.8, 4) is 0 Å². The lowest BCUT2D eigenvalue weighted by molar-refractivity contribution is 0.0911. The number of rotatable bonds is 6. The molecule has 0 unspecified atom stereocenters. The Morgan fingerprint density at radius 2 is 2.29 bits per heavy atom. The molecule has 5 N–H and O–H groups in total. The highest BCUT2D eigenvalue weighted by Gasteiger charge is 2.10. The van der Waals surface area contributed by atoms with Gasteiger partial charge in [-0.1, -0.05) is 0 Å². The van der Waals surface area contributed by atoms with E-state index in [1.807, 2.05) is 0 Å². The molecule has 0 spiro atoms. The first-order valence-electron chi connectivity index (χ1n) is 5.35. The van der Waals surface area contributed by atoms with Gasteiger partial charge in [-0.25, -0.2) is 4.98 Å². The number of aromatic nitrogens is 1. The van der Waals surface area contributed by atoms with Crippen LogP contribution in [0.2, 0.25) is 0 Å². The zero-order valence-corrected chi connectivity index (χ0v) is 9.68. The summed E-state index contributed by atoms with van der Waals surface area (Å²) in [5, 5.41) is 20.7. The molecule has 0 fully saturated rings. The number of amides is 1. The van der Waals surface area contributed by atoms with Gasteiger partial charge in [0, 0.05) is 12.2 Å². The summed E-state index contributed by atoms with van der Waals surface area (Å²) in [5.41, 5.74) is 6.29. The first-order chi connectivity index (χ1) is 8.04. The molecule has 1 aromatic rings. The summed E-state index contributed by atoms with van der Waals surface area (Å²) in [4.78, 5) is 15.3. The summed E-state index contributed by atoms with van der Waals surface area (Å²) in [6.07, 6.45) is -0.408. The van der Waals surface area contributed by atoms with Gasteiger partial charge >= 0.3 is 0 Å². The Bertz CT molecular complexity index is 396. The standard InChI is InChI=1S/C11H17N3O3/c1-7-2-3-9(10(12)17)11(14-7)13-5-4-8(16)6-15/h2-3,8,15-16H,4-6H2,1H3,(H2,12,17)(H,13,14)/t8-/m0/s1. The second kappa shape index (κ2) is 6.17. The van der Waals surface area contributed by atoms with E-state index < -0.39 is 12.0 Å². The minimum absolute atomic E-state index is 0.286. The monoisotopic (exact) mass is 239 g/mol. The molecule has 6 heteroatoms. The molecule has 0 aliphatic heterocycles. The number of pyridine rings is 1. The van der Waals surface area contributed by atoms with Crippen LogP contribution in [-0.4, -0.2) is 40.4 Å². The quantitative estimate of drug-likeness (QED) is 0.542. The van der Waals surface area contributed by atoms with E-state index in [2.05, 4.69) is 10.3 Å². The molecule has 0 saturated carbocycles. The first kappa shape index (κ1) is 13.4. The molecule has 1 rings (SSSR count). The number of nitrogens with one attached hydrogen (secondary N) is 1. The van der Waals surface area contributed by atoms with E-state index in [1.165, 1.54) is 0 Å². The van der Waals surface area contributed by atoms with Crippen LogP contribution < -0.4 is 11.1 Å². The van der Waals surface area contributed by atoms with Crippen LogP contribution in [0.5, 0.6) is 0 Å². The molecule has 1 amide bonds. The molecule has 1 atom stereocenters. The normalized spacial score (nSPS) is 12.2. The molecule has 0 aromatic carbocycles. The van der Waals surface area contributed by atoms with E-state index in [-0.39, 0.29) is 6.61 Å². The number of aliphatic hydroxyl groups excluding tert-OH is 2. The summed E-state index contributed by atoms with van der Waals surface area (Å²) in [5.74, 6) is -0.148. The predicted molar refractivity (Wildman–Crippen MR) is 63.7 cm³/mol. The zero-order chi connectivity index (χ0) is 12.8. The van der Waals surface area contributed by atoms with Crippen molar-refractivity contribution in [2.75, 3.05) is 18.5 Å². The van der Waals surface area contributed by atoms with Gasteiger partial charge in [0.15, 0.2) is 0 Å². The summed E-state index contributed by atoms with van der Waals surface area (Å²) >= 11 is 0. The van der Waals surface area contributed by atoms with E-state index in [0.717, 1.165) is 5.69 Å². The van der Waals surface area contributed by atoms with Crippen molar-refractivity contribution < 1.29 is 15.0 Å². The van der Waals surface area contributed by atoms with Crippen molar-refractivity contribution in [1.82, 2.24) is 4.98 Å². The van der Waals surface area contributed by atoms with Crippen molar-refractivity contribution in [2.24, 2.45) is 5.73 Å². The number of carbonyl (C=O) groups excluding carboxylic acids is 1. The van der Waals surface area contributed by atoms with Gasteiger partial charge in [-0.3, -0.25) is 4.79 Å². The maximum Gasteiger partial charge on any atom is 0.252 e. The molecule has 0 bridgehead atoms. The van der Waals surface area contributed by atoms with Crippen LogP contribution in [0.25, 0.3) is 0 Å². The van der Waals surface area contributed by atoms with E-state index in [9.17, 15) is 4.79 Å². The summed E-state index contributed by atoms with van der Waals surface area (Å²) in [6.45, 7) is 1.92. The number of aliphatic hydroxyl groups is 2. The molecule has 94 valence electrons. The number of primary amides is 1. The number of anilines is 1. The van der Waals surface area contributed by atoms with Crippen LogP contribution in [0.1, 0.15) is 22.5 Å². The van der Waals surface area contributed by atoms with Gasteiger partial charge < -0.3 is 21.3 Å². The fourth-order valence-corrected chi connectivity index (χ4v) is 1.34. The highest BCUT2D eigenvalue weighted by Crippen LogP contribution is 2.12. The van der Waals surface area contributed by atoms with Crippen LogP contribution in [0.15, 0.2) is 12.1 Å². The Labute approximate surface area is 99.5 Å². The van der Waals surface area contributed by atoms with Crippen LogP contribution in [0.3, 0.4) is 0 Å². The van der Waals surface area contributed by atoms with Gasteiger partial charge in [0.25, 0.3) is 5.91 Å². The second-order valence-corrected chi connectivity index (χ2v) is 3.76. The van der Waals surface area contributed by atoms with Crippen molar-refractivity contribution >= 4 is 11.7 Å². The van der Waals surface area contributed by atoms with Gasteiger partial charge in [0.2, 0.25) is 0 Å². The molecule has 6 nitrogen and oxygen atoms in total. The van der Waals surface area contributed by atoms with Crippen LogP contribution in [-0.2, 0) is 0 Å². The Morgan fingerprint density at radius 3 is 2.88 bits per heavy atom. The van der Waals surface area contributed by atoms with Crippen LogP contribution >= 0.6 is 0 Å². The Balaban J connectivity index is 2.68. The molecule has 1 heterocycles. The number of nitrogens with two attached hydrogens (primary N) is 1. The van der Waals surface area contributed by atoms with Gasteiger partial charge in [-0.15, -0.1) is 0 Å². The van der Waals surface area contributed by atoms with E-state index in [1.54, 1.807) is 19.1 Å². The molecule has 0 radical (unpaired) electrons. The van der Waals surface area contributed by atoms with Crippen molar-refractivity contribution in [2.45, 2.75) is 19.4 Å². The minimum Gasteiger partial charge on any atom is -0.394 e. The maximum atomic E-state index is 11.1. The molecule has 0 aliphatic carbocycles. The number of hydrogen-bond acceptors (Lipinski definition) is 5. The van der Waals surface area contributed by atoms with Crippen molar-refractivity contribution in [3.05, 3.63) is 23.4 Å². The van der Waals surface area contributed by atoms with Crippen LogP contribution in [0.4, 0.5) is 5.82 Å². The number of nitrogens with zero attached hydrogens (tertiary/aromatic N) is 1. The molecular weight excluding hydrogens is 222 g/mol. The third kappa shape index (κ3) is 4.01. The van der Waals surface area contributed by atoms with Gasteiger partial charge in [-0.2, -0.15) is 0 Å². The van der Waals surface area contributed by atoms with Crippen LogP contribution in [0, 0.1) is 6.92 Å². The van der Waals surface area contributed by atoms with Gasteiger partial charge in [0.1, 0.15) is 5.82 Å². The maximum absolute atomic E-state index is 11.1. The SMILES string of the molecule is Cc1ccc(C(N)=O)c(NCC[C@H](O)CO)n1. The summed E-state index contributed by atoms with van der Waals surface area (Å²) < 4.78 is 0. The number of aryl methyl sites for hydroxylation is 1. The summed E-state index contributed by atoms with van der Waals surface area (Å²) in [7, 11) is 0. The van der Waals surface area contributed by atoms with E-state index in [4.69, 9.17) is 15.9 Å². The average molecular weight is 239 g/mol.